The minimum Gasteiger partial charge on any atom is -0.299 e. The number of benzene rings is 1. The maximum atomic E-state index is 10.5. The highest BCUT2D eigenvalue weighted by Gasteiger charge is 2.09. The standard InChI is InChI=1S/C13H16NO/c15-11-13-6-4-12(5-7-13)10-14-8-2-1-3-9-14/h1,4-7,11H,2-3,8-10H2. The van der Waals surface area contributed by atoms with Crippen molar-refractivity contribution in [1.29, 1.82) is 0 Å². The highest BCUT2D eigenvalue weighted by Crippen LogP contribution is 2.12. The van der Waals surface area contributed by atoms with Crippen LogP contribution in [0.1, 0.15) is 28.8 Å². The lowest BCUT2D eigenvalue weighted by molar-refractivity contribution is 0.112. The summed E-state index contributed by atoms with van der Waals surface area (Å²) in [6.45, 7) is 3.33. The van der Waals surface area contributed by atoms with E-state index in [-0.39, 0.29) is 0 Å². The van der Waals surface area contributed by atoms with E-state index in [0.29, 0.717) is 0 Å². The first-order valence-corrected chi connectivity index (χ1v) is 5.46. The van der Waals surface area contributed by atoms with Crippen LogP contribution >= 0.6 is 0 Å². The number of carbonyl (C=O) groups is 1. The molecule has 0 N–H and O–H groups in total. The molecule has 1 aromatic rings. The van der Waals surface area contributed by atoms with E-state index >= 15 is 0 Å². The zero-order valence-electron chi connectivity index (χ0n) is 8.86. The maximum Gasteiger partial charge on any atom is 0.150 e. The third-order valence-corrected chi connectivity index (χ3v) is 2.82. The minimum atomic E-state index is 0.755. The number of rotatable bonds is 3. The molecule has 0 saturated carbocycles. The van der Waals surface area contributed by atoms with Gasteiger partial charge >= 0.3 is 0 Å². The summed E-state index contributed by atoms with van der Waals surface area (Å²) >= 11 is 0. The van der Waals surface area contributed by atoms with Crippen LogP contribution in [0.15, 0.2) is 24.3 Å². The van der Waals surface area contributed by atoms with Crippen LogP contribution in [0, 0.1) is 6.42 Å². The monoisotopic (exact) mass is 202 g/mol. The molecule has 1 aliphatic rings. The molecule has 2 rings (SSSR count). The lowest BCUT2D eigenvalue weighted by atomic mass is 10.1. The van der Waals surface area contributed by atoms with Gasteiger partial charge in [0.15, 0.2) is 0 Å². The van der Waals surface area contributed by atoms with Gasteiger partial charge in [-0.25, -0.2) is 0 Å². The van der Waals surface area contributed by atoms with Gasteiger partial charge in [-0.15, -0.1) is 0 Å². The molecule has 1 saturated heterocycles. The van der Waals surface area contributed by atoms with Gasteiger partial charge in [0.1, 0.15) is 6.29 Å². The van der Waals surface area contributed by atoms with Crippen molar-refractivity contribution in [1.82, 2.24) is 4.90 Å². The smallest absolute Gasteiger partial charge is 0.150 e. The van der Waals surface area contributed by atoms with E-state index in [2.05, 4.69) is 11.3 Å². The zero-order valence-corrected chi connectivity index (χ0v) is 8.86. The van der Waals surface area contributed by atoms with Crippen molar-refractivity contribution in [3.63, 3.8) is 0 Å². The van der Waals surface area contributed by atoms with Crippen LogP contribution in [0.2, 0.25) is 0 Å². The summed E-state index contributed by atoms with van der Waals surface area (Å²) in [7, 11) is 0. The number of aldehydes is 1. The number of nitrogens with zero attached hydrogens (tertiary/aromatic N) is 1. The van der Waals surface area contributed by atoms with Crippen LogP contribution in [0.3, 0.4) is 0 Å². The SMILES string of the molecule is O=Cc1ccc(CN2CC[CH]CC2)cc1. The van der Waals surface area contributed by atoms with Crippen molar-refractivity contribution < 1.29 is 4.79 Å². The summed E-state index contributed by atoms with van der Waals surface area (Å²) in [6, 6.07) is 7.86. The fourth-order valence-corrected chi connectivity index (χ4v) is 1.92. The van der Waals surface area contributed by atoms with Crippen molar-refractivity contribution in [2.75, 3.05) is 13.1 Å². The van der Waals surface area contributed by atoms with Crippen LogP contribution < -0.4 is 0 Å². The molecule has 15 heavy (non-hydrogen) atoms. The molecular formula is C13H16NO. The molecule has 0 aliphatic carbocycles. The first kappa shape index (κ1) is 10.4. The molecule has 0 spiro atoms. The van der Waals surface area contributed by atoms with Gasteiger partial charge in [-0.2, -0.15) is 0 Å². The van der Waals surface area contributed by atoms with Crippen molar-refractivity contribution in [2.24, 2.45) is 0 Å². The molecule has 2 nitrogen and oxygen atoms in total. The summed E-state index contributed by atoms with van der Waals surface area (Å²) in [5.41, 5.74) is 2.05. The average molecular weight is 202 g/mol. The van der Waals surface area contributed by atoms with Gasteiger partial charge < -0.3 is 0 Å². The molecule has 0 bridgehead atoms. The van der Waals surface area contributed by atoms with Gasteiger partial charge in [-0.05, 0) is 37.9 Å². The fraction of sp³-hybridized carbons (Fsp3) is 0.385. The van der Waals surface area contributed by atoms with E-state index in [0.717, 1.165) is 31.5 Å². The van der Waals surface area contributed by atoms with Gasteiger partial charge in [-0.1, -0.05) is 24.3 Å². The maximum absolute atomic E-state index is 10.5. The zero-order chi connectivity index (χ0) is 10.5. The molecule has 0 unspecified atom stereocenters. The Labute approximate surface area is 90.9 Å². The quantitative estimate of drug-likeness (QED) is 0.701. The largest absolute Gasteiger partial charge is 0.299 e. The topological polar surface area (TPSA) is 20.3 Å². The second-order valence-electron chi connectivity index (χ2n) is 4.00. The predicted molar refractivity (Wildman–Crippen MR) is 60.6 cm³/mol. The van der Waals surface area contributed by atoms with Gasteiger partial charge in [0, 0.05) is 12.1 Å². The number of carbonyl (C=O) groups excluding carboxylic acids is 1. The molecule has 0 amide bonds. The molecule has 1 aromatic carbocycles. The van der Waals surface area contributed by atoms with E-state index in [1.807, 2.05) is 24.3 Å². The predicted octanol–water partition coefficient (Wildman–Crippen LogP) is 2.30. The van der Waals surface area contributed by atoms with Crippen LogP contribution in [-0.4, -0.2) is 24.3 Å². The van der Waals surface area contributed by atoms with Crippen LogP contribution in [0.4, 0.5) is 0 Å². The number of hydrogen-bond donors (Lipinski definition) is 0. The Morgan fingerprint density at radius 1 is 1.13 bits per heavy atom. The summed E-state index contributed by atoms with van der Waals surface area (Å²) in [5, 5.41) is 0. The first-order valence-electron chi connectivity index (χ1n) is 5.46. The second kappa shape index (κ2) is 5.08. The Balaban J connectivity index is 1.94. The molecule has 2 heteroatoms. The first-order chi connectivity index (χ1) is 7.38. The van der Waals surface area contributed by atoms with Gasteiger partial charge in [-0.3, -0.25) is 9.69 Å². The van der Waals surface area contributed by atoms with E-state index in [4.69, 9.17) is 0 Å². The molecule has 1 fully saturated rings. The second-order valence-corrected chi connectivity index (χ2v) is 4.00. The Bertz CT molecular complexity index is 312. The normalized spacial score (nSPS) is 17.6. The molecule has 1 aliphatic heterocycles. The van der Waals surface area contributed by atoms with Crippen LogP contribution in [-0.2, 0) is 6.54 Å². The van der Waals surface area contributed by atoms with Crippen molar-refractivity contribution in [2.45, 2.75) is 19.4 Å². The molecule has 0 aromatic heterocycles. The number of piperidine rings is 1. The summed E-state index contributed by atoms with van der Waals surface area (Å²) in [5.74, 6) is 0. The Morgan fingerprint density at radius 2 is 1.80 bits per heavy atom. The summed E-state index contributed by atoms with van der Waals surface area (Å²) < 4.78 is 0. The molecular weight excluding hydrogens is 186 g/mol. The Kier molecular flexibility index (Phi) is 3.51. The highest BCUT2D eigenvalue weighted by molar-refractivity contribution is 5.74. The third kappa shape index (κ3) is 2.90. The minimum absolute atomic E-state index is 0.755. The number of hydrogen-bond acceptors (Lipinski definition) is 2. The lowest BCUT2D eigenvalue weighted by Crippen LogP contribution is -2.29. The van der Waals surface area contributed by atoms with E-state index in [9.17, 15) is 4.79 Å². The molecule has 1 radical (unpaired) electrons. The van der Waals surface area contributed by atoms with Gasteiger partial charge in [0.25, 0.3) is 0 Å². The third-order valence-electron chi connectivity index (χ3n) is 2.82. The average Bonchev–Trinajstić information content (AvgIpc) is 2.31. The molecule has 1 heterocycles. The van der Waals surface area contributed by atoms with E-state index in [1.54, 1.807) is 0 Å². The summed E-state index contributed by atoms with van der Waals surface area (Å²) in [6.07, 6.45) is 5.64. The molecule has 0 atom stereocenters. The van der Waals surface area contributed by atoms with Crippen LogP contribution in [0.5, 0.6) is 0 Å². The fourth-order valence-electron chi connectivity index (χ4n) is 1.92. The molecule has 79 valence electrons. The Hall–Kier alpha value is -1.15. The van der Waals surface area contributed by atoms with Crippen LogP contribution in [0.25, 0.3) is 0 Å². The van der Waals surface area contributed by atoms with E-state index in [1.165, 1.54) is 18.4 Å². The van der Waals surface area contributed by atoms with E-state index < -0.39 is 0 Å². The van der Waals surface area contributed by atoms with Gasteiger partial charge in [0.2, 0.25) is 0 Å². The lowest BCUT2D eigenvalue weighted by Gasteiger charge is -2.26. The van der Waals surface area contributed by atoms with Gasteiger partial charge in [0.05, 0.1) is 0 Å². The van der Waals surface area contributed by atoms with Crippen molar-refractivity contribution in [3.05, 3.63) is 41.8 Å². The number of likely N-dealkylation sites (tertiary alicyclic amines) is 1. The highest BCUT2D eigenvalue weighted by atomic mass is 16.1. The van der Waals surface area contributed by atoms with Crippen molar-refractivity contribution in [3.8, 4) is 0 Å². The summed E-state index contributed by atoms with van der Waals surface area (Å²) in [4.78, 5) is 12.9. The Morgan fingerprint density at radius 3 is 2.40 bits per heavy atom. The van der Waals surface area contributed by atoms with Crippen molar-refractivity contribution >= 4 is 6.29 Å².